The number of nitrogens with zero attached hydrogens (tertiary/aromatic N) is 3. The van der Waals surface area contributed by atoms with E-state index < -0.39 is 10.8 Å². The van der Waals surface area contributed by atoms with Crippen LogP contribution in [0.5, 0.6) is 5.75 Å². The van der Waals surface area contributed by atoms with E-state index in [4.69, 9.17) is 16.4 Å². The summed E-state index contributed by atoms with van der Waals surface area (Å²) in [5, 5.41) is 4.92. The van der Waals surface area contributed by atoms with E-state index in [2.05, 4.69) is 17.8 Å². The molecule has 5 nitrogen and oxygen atoms in total. The van der Waals surface area contributed by atoms with E-state index in [0.29, 0.717) is 0 Å². The van der Waals surface area contributed by atoms with Crippen LogP contribution in [0.1, 0.15) is 38.4 Å². The van der Waals surface area contributed by atoms with Crippen molar-refractivity contribution in [1.29, 1.82) is 0 Å². The van der Waals surface area contributed by atoms with Gasteiger partial charge in [-0.25, -0.2) is 4.85 Å². The number of ketones is 1. The second kappa shape index (κ2) is 6.07. The molecule has 0 aliphatic heterocycles. The van der Waals surface area contributed by atoms with Gasteiger partial charge in [-0.2, -0.15) is 5.10 Å². The largest absolute Gasteiger partial charge is 0.497 e. The summed E-state index contributed by atoms with van der Waals surface area (Å²) in [6, 6.07) is 8.02. The van der Waals surface area contributed by atoms with Gasteiger partial charge in [0.1, 0.15) is 5.75 Å². The Labute approximate surface area is 165 Å². The number of hydrogen-bond acceptors (Lipinski definition) is 3. The third-order valence-electron chi connectivity index (χ3n) is 6.65. The minimum absolute atomic E-state index is 0.0441. The van der Waals surface area contributed by atoms with Gasteiger partial charge in [0, 0.05) is 29.0 Å². The first-order valence-electron chi connectivity index (χ1n) is 9.60. The Morgan fingerprint density at radius 2 is 2.07 bits per heavy atom. The molecule has 0 amide bonds. The molecule has 1 aromatic heterocycles. The molecule has 2 aliphatic carbocycles. The summed E-state index contributed by atoms with van der Waals surface area (Å²) >= 11 is 0. The standard InChI is InChI=1S/C23H25N3O2/c1-22(2)18-11-10-16-19(14-8-7-9-15(12-14)28-6)26(5)25-20(16)23(18,3)13-17(24-4)21(22)27/h7-9,12-13,18H,10-11H2,1-3,5-6H3/t18-,23-/m0/s1. The minimum Gasteiger partial charge on any atom is -0.497 e. The summed E-state index contributed by atoms with van der Waals surface area (Å²) in [6.45, 7) is 13.6. The normalized spacial score (nSPS) is 25.4. The van der Waals surface area contributed by atoms with E-state index in [-0.39, 0.29) is 17.4 Å². The maximum Gasteiger partial charge on any atom is 0.226 e. The number of aromatic nitrogens is 2. The van der Waals surface area contributed by atoms with Crippen molar-refractivity contribution < 1.29 is 9.53 Å². The molecule has 0 saturated carbocycles. The summed E-state index contributed by atoms with van der Waals surface area (Å²) in [5.74, 6) is 0.892. The van der Waals surface area contributed by atoms with E-state index >= 15 is 0 Å². The molecule has 1 aromatic carbocycles. The van der Waals surface area contributed by atoms with Crippen LogP contribution in [0.25, 0.3) is 16.1 Å². The number of allylic oxidation sites excluding steroid dienone is 2. The molecule has 5 heteroatoms. The van der Waals surface area contributed by atoms with Crippen molar-refractivity contribution in [2.24, 2.45) is 18.4 Å². The fraction of sp³-hybridized carbons (Fsp3) is 0.435. The van der Waals surface area contributed by atoms with Crippen molar-refractivity contribution in [3.05, 3.63) is 58.7 Å². The number of ether oxygens (including phenoxy) is 1. The maximum absolute atomic E-state index is 12.8. The second-order valence-electron chi connectivity index (χ2n) is 8.60. The molecule has 0 saturated heterocycles. The minimum atomic E-state index is -0.575. The second-order valence-corrected chi connectivity index (χ2v) is 8.60. The SMILES string of the molecule is [C-]#[N+]C1=C[C@]2(C)c3nn(C)c(-c4cccc(OC)c4)c3CC[C@H]2C(C)(C)C1=O. The van der Waals surface area contributed by atoms with Gasteiger partial charge >= 0.3 is 0 Å². The number of Topliss-reactive ketones (excluding diaryl/α,β-unsaturated/α-hetero) is 1. The van der Waals surface area contributed by atoms with Gasteiger partial charge in [0.25, 0.3) is 0 Å². The average molecular weight is 375 g/mol. The fourth-order valence-electron chi connectivity index (χ4n) is 5.32. The quantitative estimate of drug-likeness (QED) is 0.734. The average Bonchev–Trinajstić information content (AvgIpc) is 3.02. The number of carbonyl (C=O) groups excluding carboxylic acids is 1. The first-order valence-corrected chi connectivity index (χ1v) is 9.60. The lowest BCUT2D eigenvalue weighted by Crippen LogP contribution is -2.50. The van der Waals surface area contributed by atoms with Crippen LogP contribution in [0, 0.1) is 17.9 Å². The Bertz CT molecular complexity index is 1050. The van der Waals surface area contributed by atoms with E-state index in [1.54, 1.807) is 7.11 Å². The Morgan fingerprint density at radius 1 is 1.32 bits per heavy atom. The molecule has 28 heavy (non-hydrogen) atoms. The van der Waals surface area contributed by atoms with Crippen molar-refractivity contribution in [2.45, 2.75) is 39.0 Å². The van der Waals surface area contributed by atoms with E-state index in [1.807, 2.05) is 49.9 Å². The third kappa shape index (κ3) is 2.37. The van der Waals surface area contributed by atoms with E-state index in [0.717, 1.165) is 35.5 Å². The van der Waals surface area contributed by atoms with Gasteiger partial charge in [-0.3, -0.25) is 4.68 Å². The van der Waals surface area contributed by atoms with Gasteiger partial charge in [-0.05, 0) is 30.9 Å². The number of fused-ring (bicyclic) bond motifs is 3. The van der Waals surface area contributed by atoms with Gasteiger partial charge in [0.15, 0.2) is 5.78 Å². The van der Waals surface area contributed by atoms with Crippen LogP contribution in [0.15, 0.2) is 36.0 Å². The van der Waals surface area contributed by atoms with Gasteiger partial charge in [-0.1, -0.05) is 39.0 Å². The fourth-order valence-corrected chi connectivity index (χ4v) is 5.32. The molecule has 2 aliphatic rings. The number of rotatable bonds is 2. The zero-order chi connectivity index (χ0) is 20.3. The van der Waals surface area contributed by atoms with E-state index in [1.165, 1.54) is 5.56 Å². The maximum atomic E-state index is 12.8. The molecule has 0 unspecified atom stereocenters. The highest BCUT2D eigenvalue weighted by atomic mass is 16.5. The Hall–Kier alpha value is -2.87. The highest BCUT2D eigenvalue weighted by molar-refractivity contribution is 6.02. The Balaban J connectivity index is 1.94. The van der Waals surface area contributed by atoms with Gasteiger partial charge in [-0.15, -0.1) is 0 Å². The first kappa shape index (κ1) is 18.5. The summed E-state index contributed by atoms with van der Waals surface area (Å²) < 4.78 is 7.33. The number of benzene rings is 1. The molecule has 0 radical (unpaired) electrons. The molecule has 2 atom stereocenters. The molecular weight excluding hydrogens is 350 g/mol. The van der Waals surface area contributed by atoms with Crippen LogP contribution in [-0.4, -0.2) is 22.7 Å². The zero-order valence-corrected chi connectivity index (χ0v) is 17.0. The molecule has 0 fully saturated rings. The van der Waals surface area contributed by atoms with Gasteiger partial charge in [0.05, 0.1) is 25.1 Å². The number of hydrogen-bond donors (Lipinski definition) is 0. The van der Waals surface area contributed by atoms with Crippen molar-refractivity contribution >= 4 is 5.78 Å². The lowest BCUT2D eigenvalue weighted by molar-refractivity contribution is -0.128. The van der Waals surface area contributed by atoms with Crippen molar-refractivity contribution in [1.82, 2.24) is 9.78 Å². The molecule has 1 heterocycles. The molecule has 0 bridgehead atoms. The lowest BCUT2D eigenvalue weighted by Gasteiger charge is -2.49. The molecule has 2 aromatic rings. The molecule has 144 valence electrons. The first-order chi connectivity index (χ1) is 13.2. The monoisotopic (exact) mass is 375 g/mol. The van der Waals surface area contributed by atoms with Crippen LogP contribution in [0.4, 0.5) is 0 Å². The molecule has 4 rings (SSSR count). The summed E-state index contributed by atoms with van der Waals surface area (Å²) in [6.07, 6.45) is 3.64. The van der Waals surface area contributed by atoms with Crippen molar-refractivity contribution in [2.75, 3.05) is 7.11 Å². The Morgan fingerprint density at radius 3 is 2.75 bits per heavy atom. The van der Waals surface area contributed by atoms with E-state index in [9.17, 15) is 4.79 Å². The van der Waals surface area contributed by atoms with Crippen LogP contribution in [-0.2, 0) is 23.7 Å². The van der Waals surface area contributed by atoms with Gasteiger partial charge in [0.2, 0.25) is 5.70 Å². The van der Waals surface area contributed by atoms with Crippen LogP contribution < -0.4 is 4.74 Å². The smallest absolute Gasteiger partial charge is 0.226 e. The Kier molecular flexibility index (Phi) is 4.01. The summed E-state index contributed by atoms with van der Waals surface area (Å²) in [5.41, 5.74) is 3.59. The molecule has 0 spiro atoms. The molecule has 0 N–H and O–H groups in total. The number of methoxy groups -OCH3 is 1. The third-order valence-corrected chi connectivity index (χ3v) is 6.65. The highest BCUT2D eigenvalue weighted by Gasteiger charge is 2.55. The van der Waals surface area contributed by atoms with Gasteiger partial charge < -0.3 is 9.53 Å². The summed E-state index contributed by atoms with van der Waals surface area (Å²) in [7, 11) is 3.63. The van der Waals surface area contributed by atoms with Crippen LogP contribution in [0.2, 0.25) is 0 Å². The highest BCUT2D eigenvalue weighted by Crippen LogP contribution is 2.55. The van der Waals surface area contributed by atoms with Crippen molar-refractivity contribution in [3.8, 4) is 17.0 Å². The number of carbonyl (C=O) groups is 1. The van der Waals surface area contributed by atoms with Crippen LogP contribution >= 0.6 is 0 Å². The van der Waals surface area contributed by atoms with Crippen LogP contribution in [0.3, 0.4) is 0 Å². The van der Waals surface area contributed by atoms with Crippen molar-refractivity contribution in [3.63, 3.8) is 0 Å². The molecular formula is C23H25N3O2. The zero-order valence-electron chi connectivity index (χ0n) is 17.0. The summed E-state index contributed by atoms with van der Waals surface area (Å²) in [4.78, 5) is 16.4. The predicted molar refractivity (Wildman–Crippen MR) is 108 cm³/mol. The number of aryl methyl sites for hydroxylation is 1. The topological polar surface area (TPSA) is 48.5 Å². The predicted octanol–water partition coefficient (Wildman–Crippen LogP) is 4.33. The lowest BCUT2D eigenvalue weighted by atomic mass is 9.53.